The van der Waals surface area contributed by atoms with E-state index in [1.165, 1.54) is 5.56 Å². The smallest absolute Gasteiger partial charge is 0.226 e. The molecule has 1 unspecified atom stereocenters. The molecule has 3 aromatic rings. The van der Waals surface area contributed by atoms with Gasteiger partial charge in [-0.1, -0.05) is 44.2 Å². The Morgan fingerprint density at radius 1 is 1.15 bits per heavy atom. The highest BCUT2D eigenvalue weighted by Gasteiger charge is 2.18. The SMILES string of the molecule is Cc1nc(CC(=O)NC(c2ccc(CC(C)C)cc2)c2cccs2)cs1. The molecule has 1 N–H and O–H groups in total. The standard InChI is InChI=1S/C21H24N2OS2/c1-14(2)11-16-6-8-17(9-7-16)21(19-5-4-10-25-19)23-20(24)12-18-13-26-15(3)22-18/h4-10,13-14,21H,11-12H2,1-3H3,(H,23,24). The lowest BCUT2D eigenvalue weighted by atomic mass is 9.98. The van der Waals surface area contributed by atoms with Gasteiger partial charge in [-0.25, -0.2) is 4.98 Å². The first-order chi connectivity index (χ1) is 12.5. The lowest BCUT2D eigenvalue weighted by Gasteiger charge is -2.18. The van der Waals surface area contributed by atoms with Crippen LogP contribution in [-0.4, -0.2) is 10.9 Å². The molecule has 0 aliphatic heterocycles. The second-order valence-corrected chi connectivity index (χ2v) is 8.93. The van der Waals surface area contributed by atoms with Gasteiger partial charge in [-0.05, 0) is 41.8 Å². The normalized spacial score (nSPS) is 12.3. The van der Waals surface area contributed by atoms with Crippen molar-refractivity contribution >= 4 is 28.6 Å². The monoisotopic (exact) mass is 384 g/mol. The third-order valence-corrected chi connectivity index (χ3v) is 5.86. The third kappa shape index (κ3) is 5.02. The summed E-state index contributed by atoms with van der Waals surface area (Å²) in [5.41, 5.74) is 3.28. The zero-order valence-corrected chi connectivity index (χ0v) is 17.0. The zero-order valence-electron chi connectivity index (χ0n) is 15.4. The van der Waals surface area contributed by atoms with E-state index in [0.717, 1.165) is 27.6 Å². The second-order valence-electron chi connectivity index (χ2n) is 6.89. The molecule has 0 aliphatic carbocycles. The van der Waals surface area contributed by atoms with Gasteiger partial charge in [0.1, 0.15) is 0 Å². The number of amides is 1. The van der Waals surface area contributed by atoms with Crippen LogP contribution >= 0.6 is 22.7 Å². The number of aromatic nitrogens is 1. The summed E-state index contributed by atoms with van der Waals surface area (Å²) in [6.45, 7) is 6.41. The molecule has 0 aliphatic rings. The quantitative estimate of drug-likeness (QED) is 0.611. The van der Waals surface area contributed by atoms with Crippen molar-refractivity contribution in [1.29, 1.82) is 0 Å². The van der Waals surface area contributed by atoms with E-state index in [2.05, 4.69) is 54.5 Å². The van der Waals surface area contributed by atoms with Crippen LogP contribution in [0.1, 0.15) is 46.6 Å². The van der Waals surface area contributed by atoms with Crippen LogP contribution in [0.4, 0.5) is 0 Å². The van der Waals surface area contributed by atoms with Crippen LogP contribution in [0.3, 0.4) is 0 Å². The van der Waals surface area contributed by atoms with Crippen molar-refractivity contribution in [2.75, 3.05) is 0 Å². The van der Waals surface area contributed by atoms with Crippen LogP contribution in [0.5, 0.6) is 0 Å². The van der Waals surface area contributed by atoms with Gasteiger partial charge in [-0.15, -0.1) is 22.7 Å². The Balaban J connectivity index is 1.76. The second kappa shape index (κ2) is 8.60. The number of hydrogen-bond donors (Lipinski definition) is 1. The molecule has 0 saturated heterocycles. The number of nitrogens with one attached hydrogen (secondary N) is 1. The highest BCUT2D eigenvalue weighted by atomic mass is 32.1. The molecule has 1 aromatic carbocycles. The van der Waals surface area contributed by atoms with Gasteiger partial charge in [0.05, 0.1) is 23.2 Å². The van der Waals surface area contributed by atoms with Gasteiger partial charge in [0.2, 0.25) is 5.91 Å². The maximum absolute atomic E-state index is 12.6. The Hall–Kier alpha value is -1.98. The summed E-state index contributed by atoms with van der Waals surface area (Å²) >= 11 is 3.24. The van der Waals surface area contributed by atoms with Gasteiger partial charge in [-0.2, -0.15) is 0 Å². The van der Waals surface area contributed by atoms with Gasteiger partial charge in [-0.3, -0.25) is 4.79 Å². The van der Waals surface area contributed by atoms with Gasteiger partial charge in [0, 0.05) is 10.3 Å². The van der Waals surface area contributed by atoms with Crippen molar-refractivity contribution < 1.29 is 4.79 Å². The molecule has 1 atom stereocenters. The Morgan fingerprint density at radius 3 is 2.50 bits per heavy atom. The Morgan fingerprint density at radius 2 is 1.92 bits per heavy atom. The van der Waals surface area contributed by atoms with E-state index in [1.807, 2.05) is 23.8 Å². The Labute approximate surface area is 163 Å². The lowest BCUT2D eigenvalue weighted by molar-refractivity contribution is -0.121. The molecule has 2 heterocycles. The number of benzene rings is 1. The van der Waals surface area contributed by atoms with Gasteiger partial charge in [0.25, 0.3) is 0 Å². The van der Waals surface area contributed by atoms with Crippen LogP contribution < -0.4 is 5.32 Å². The van der Waals surface area contributed by atoms with Crippen molar-refractivity contribution in [1.82, 2.24) is 10.3 Å². The molecule has 0 bridgehead atoms. The molecule has 5 heteroatoms. The average molecular weight is 385 g/mol. The average Bonchev–Trinajstić information content (AvgIpc) is 3.25. The molecule has 3 nitrogen and oxygen atoms in total. The molecule has 136 valence electrons. The van der Waals surface area contributed by atoms with E-state index >= 15 is 0 Å². The number of thiazole rings is 1. The minimum Gasteiger partial charge on any atom is -0.344 e. The van der Waals surface area contributed by atoms with Gasteiger partial charge < -0.3 is 5.32 Å². The predicted molar refractivity (Wildman–Crippen MR) is 110 cm³/mol. The molecular formula is C21H24N2OS2. The maximum Gasteiger partial charge on any atom is 0.226 e. The molecule has 2 aromatic heterocycles. The van der Waals surface area contributed by atoms with E-state index in [4.69, 9.17) is 0 Å². The van der Waals surface area contributed by atoms with E-state index in [-0.39, 0.29) is 11.9 Å². The van der Waals surface area contributed by atoms with Crippen LogP contribution in [0, 0.1) is 12.8 Å². The van der Waals surface area contributed by atoms with Crippen molar-refractivity contribution in [3.63, 3.8) is 0 Å². The Kier molecular flexibility index (Phi) is 6.22. The van der Waals surface area contributed by atoms with Crippen LogP contribution in [0.15, 0.2) is 47.2 Å². The van der Waals surface area contributed by atoms with E-state index in [9.17, 15) is 4.79 Å². The minimum atomic E-state index is -0.115. The first kappa shape index (κ1) is 18.8. The largest absolute Gasteiger partial charge is 0.344 e. The number of hydrogen-bond acceptors (Lipinski definition) is 4. The van der Waals surface area contributed by atoms with Crippen molar-refractivity contribution in [3.8, 4) is 0 Å². The lowest BCUT2D eigenvalue weighted by Crippen LogP contribution is -2.30. The summed E-state index contributed by atoms with van der Waals surface area (Å²) in [6.07, 6.45) is 1.39. The van der Waals surface area contributed by atoms with E-state index in [0.29, 0.717) is 12.3 Å². The highest BCUT2D eigenvalue weighted by Crippen LogP contribution is 2.27. The fourth-order valence-corrected chi connectivity index (χ4v) is 4.37. The number of nitrogens with zero attached hydrogens (tertiary/aromatic N) is 1. The molecular weight excluding hydrogens is 360 g/mol. The molecule has 0 saturated carbocycles. The predicted octanol–water partition coefficient (Wildman–Crippen LogP) is 5.16. The number of aryl methyl sites for hydroxylation is 1. The third-order valence-electron chi connectivity index (χ3n) is 4.10. The van der Waals surface area contributed by atoms with Gasteiger partial charge in [0.15, 0.2) is 0 Å². The van der Waals surface area contributed by atoms with E-state index in [1.54, 1.807) is 22.7 Å². The maximum atomic E-state index is 12.6. The molecule has 0 radical (unpaired) electrons. The Bertz CT molecular complexity index is 835. The summed E-state index contributed by atoms with van der Waals surface area (Å²) in [5.74, 6) is 0.634. The van der Waals surface area contributed by atoms with Crippen LogP contribution in [0.2, 0.25) is 0 Å². The zero-order chi connectivity index (χ0) is 18.5. The molecule has 0 spiro atoms. The summed E-state index contributed by atoms with van der Waals surface area (Å²) in [5, 5.41) is 8.18. The number of carbonyl (C=O) groups excluding carboxylic acids is 1. The van der Waals surface area contributed by atoms with Gasteiger partial charge >= 0.3 is 0 Å². The number of rotatable bonds is 7. The summed E-state index contributed by atoms with van der Waals surface area (Å²) in [4.78, 5) is 18.1. The summed E-state index contributed by atoms with van der Waals surface area (Å²) < 4.78 is 0. The van der Waals surface area contributed by atoms with Crippen molar-refractivity contribution in [3.05, 3.63) is 73.9 Å². The molecule has 0 fully saturated rings. The molecule has 3 rings (SSSR count). The van der Waals surface area contributed by atoms with Crippen LogP contribution in [0.25, 0.3) is 0 Å². The summed E-state index contributed by atoms with van der Waals surface area (Å²) in [7, 11) is 0. The number of carbonyl (C=O) groups is 1. The minimum absolute atomic E-state index is 0.0000399. The van der Waals surface area contributed by atoms with E-state index < -0.39 is 0 Å². The molecule has 26 heavy (non-hydrogen) atoms. The molecule has 1 amide bonds. The fourth-order valence-electron chi connectivity index (χ4n) is 2.96. The van der Waals surface area contributed by atoms with Crippen molar-refractivity contribution in [2.24, 2.45) is 5.92 Å². The highest BCUT2D eigenvalue weighted by molar-refractivity contribution is 7.10. The fraction of sp³-hybridized carbons (Fsp3) is 0.333. The van der Waals surface area contributed by atoms with Crippen LogP contribution in [-0.2, 0) is 17.6 Å². The first-order valence-electron chi connectivity index (χ1n) is 8.84. The first-order valence-corrected chi connectivity index (χ1v) is 10.6. The number of thiophene rings is 1. The topological polar surface area (TPSA) is 42.0 Å². The summed E-state index contributed by atoms with van der Waals surface area (Å²) in [6, 6.07) is 12.6. The van der Waals surface area contributed by atoms with Crippen molar-refractivity contribution in [2.45, 2.75) is 39.7 Å².